The Balaban J connectivity index is 0. The number of carbonyl (C=O) groups excluding carboxylic acids is 2. The minimum absolute atomic E-state index is 0.365. The van der Waals surface area contributed by atoms with Crippen LogP contribution in [0, 0.1) is 0 Å². The van der Waals surface area contributed by atoms with Gasteiger partial charge in [-0.15, -0.1) is 0 Å². The van der Waals surface area contributed by atoms with Crippen molar-refractivity contribution in [3.8, 4) is 0 Å². The van der Waals surface area contributed by atoms with E-state index < -0.39 is 0 Å². The molecule has 0 bridgehead atoms. The van der Waals surface area contributed by atoms with E-state index in [0.29, 0.717) is 12.8 Å². The lowest BCUT2D eigenvalue weighted by molar-refractivity contribution is -0.112. The molecule has 8 heavy (non-hydrogen) atoms. The molecule has 0 amide bonds. The SMILES string of the molecule is O=CCCC=O.[AlH2][Cl]. The second-order valence-corrected chi connectivity index (χ2v) is 0.911. The van der Waals surface area contributed by atoms with E-state index in [1.807, 2.05) is 0 Å². The van der Waals surface area contributed by atoms with Gasteiger partial charge in [-0.2, -0.15) is 0 Å². The maximum absolute atomic E-state index is 9.40. The van der Waals surface area contributed by atoms with Gasteiger partial charge in [0.15, 0.2) is 0 Å². The largest absolute Gasteiger partial charge is 0.353 e. The van der Waals surface area contributed by atoms with Crippen molar-refractivity contribution < 1.29 is 9.59 Å². The monoisotopic (exact) mass is 150 g/mol. The molecule has 0 radical (unpaired) electrons. The zero-order valence-electron chi connectivity index (χ0n) is 4.76. The second kappa shape index (κ2) is 15.7. The molecule has 0 aromatic rings. The molecular formula is C4H8AlClO2. The molecule has 0 unspecified atom stereocenters. The zero-order valence-corrected chi connectivity index (χ0v) is 7.52. The minimum Gasteiger partial charge on any atom is -0.303 e. The standard InChI is InChI=1S/C4H6O2.Al.ClH.2H/c5-3-1-2-4-6;;;;/h3-4H,1-2H2;;1H;;/q;+1;;;/p-1. The van der Waals surface area contributed by atoms with E-state index in [0.717, 1.165) is 27.9 Å². The lowest BCUT2D eigenvalue weighted by atomic mass is 10.4. The van der Waals surface area contributed by atoms with Crippen LogP contribution in [0.25, 0.3) is 0 Å². The highest BCUT2D eigenvalue weighted by molar-refractivity contribution is 6.80. The summed E-state index contributed by atoms with van der Waals surface area (Å²) >= 11 is 0.778. The predicted molar refractivity (Wildman–Crippen MR) is 35.8 cm³/mol. The van der Waals surface area contributed by atoms with Gasteiger partial charge >= 0.3 is 15.4 Å². The van der Waals surface area contributed by atoms with Crippen LogP contribution < -0.4 is 0 Å². The fourth-order valence-electron chi connectivity index (χ4n) is 0.136. The second-order valence-electron chi connectivity index (χ2n) is 0.911. The molecule has 4 heteroatoms. The van der Waals surface area contributed by atoms with Gasteiger partial charge in [0, 0.05) is 12.8 Å². The Morgan fingerprint density at radius 2 is 1.38 bits per heavy atom. The third kappa shape index (κ3) is 16.4. The summed E-state index contributed by atoms with van der Waals surface area (Å²) in [7, 11) is 4.78. The van der Waals surface area contributed by atoms with Crippen molar-refractivity contribution >= 4 is 38.0 Å². The van der Waals surface area contributed by atoms with E-state index >= 15 is 0 Å². The molecule has 0 aliphatic carbocycles. The van der Waals surface area contributed by atoms with Crippen LogP contribution in [0.15, 0.2) is 0 Å². The first-order chi connectivity index (χ1) is 3.91. The Hall–Kier alpha value is 0.162. The molecule has 0 aromatic carbocycles. The first kappa shape index (κ1) is 11.0. The number of unbranched alkanes of at least 4 members (excludes halogenated alkanes) is 1. The van der Waals surface area contributed by atoms with Crippen LogP contribution in [-0.4, -0.2) is 27.9 Å². The smallest absolute Gasteiger partial charge is 0.303 e. The highest BCUT2D eigenvalue weighted by Crippen LogP contribution is 1.72. The van der Waals surface area contributed by atoms with E-state index in [4.69, 9.17) is 10.0 Å². The maximum atomic E-state index is 9.40. The molecule has 0 fully saturated rings. The Morgan fingerprint density at radius 1 is 1.12 bits per heavy atom. The first-order valence-electron chi connectivity index (χ1n) is 2.17. The Bertz CT molecular complexity index is 50.0. The topological polar surface area (TPSA) is 34.1 Å². The summed E-state index contributed by atoms with van der Waals surface area (Å²) in [5, 5.41) is 0. The van der Waals surface area contributed by atoms with Gasteiger partial charge in [0.05, 0.1) is 0 Å². The number of halogens is 1. The lowest BCUT2D eigenvalue weighted by Crippen LogP contribution is -1.73. The first-order valence-corrected chi connectivity index (χ1v) is 5.19. The lowest BCUT2D eigenvalue weighted by Gasteiger charge is -1.68. The Labute approximate surface area is 60.8 Å². The van der Waals surface area contributed by atoms with E-state index in [2.05, 4.69) is 0 Å². The Morgan fingerprint density at radius 3 is 1.50 bits per heavy atom. The van der Waals surface area contributed by atoms with Crippen molar-refractivity contribution in [3.63, 3.8) is 0 Å². The molecule has 0 aliphatic rings. The normalized spacial score (nSPS) is 6.12. The van der Waals surface area contributed by atoms with Crippen LogP contribution in [0.2, 0.25) is 0 Å². The summed E-state index contributed by atoms with van der Waals surface area (Å²) in [6.07, 6.45) is 2.19. The molecule has 46 valence electrons. The van der Waals surface area contributed by atoms with Gasteiger partial charge in [0.25, 0.3) is 0 Å². The number of rotatable bonds is 3. The van der Waals surface area contributed by atoms with Gasteiger partial charge in [0.1, 0.15) is 12.6 Å². The van der Waals surface area contributed by atoms with Gasteiger partial charge in [-0.25, -0.2) is 0 Å². The van der Waals surface area contributed by atoms with Crippen LogP contribution in [0.3, 0.4) is 0 Å². The van der Waals surface area contributed by atoms with Crippen LogP contribution in [-0.2, 0) is 9.59 Å². The molecule has 0 saturated heterocycles. The fourth-order valence-corrected chi connectivity index (χ4v) is 0.136. The molecule has 0 N–H and O–H groups in total. The van der Waals surface area contributed by atoms with Crippen molar-refractivity contribution in [3.05, 3.63) is 0 Å². The number of carbonyl (C=O) groups is 2. The predicted octanol–water partition coefficient (Wildman–Crippen LogP) is -0.0623. The van der Waals surface area contributed by atoms with Crippen LogP contribution in [0.5, 0.6) is 0 Å². The summed E-state index contributed by atoms with van der Waals surface area (Å²) in [5.41, 5.74) is 0. The molecular weight excluding hydrogens is 142 g/mol. The molecule has 0 spiro atoms. The van der Waals surface area contributed by atoms with E-state index in [-0.39, 0.29) is 0 Å². The van der Waals surface area contributed by atoms with Crippen molar-refractivity contribution in [1.82, 2.24) is 0 Å². The van der Waals surface area contributed by atoms with Gasteiger partial charge in [0.2, 0.25) is 0 Å². The van der Waals surface area contributed by atoms with Crippen molar-refractivity contribution in [2.45, 2.75) is 12.8 Å². The minimum atomic E-state index is 0.365. The van der Waals surface area contributed by atoms with Gasteiger partial charge in [-0.1, -0.05) is 0 Å². The third-order valence-electron chi connectivity index (χ3n) is 0.402. The Kier molecular flexibility index (Phi) is 21.6. The molecule has 0 heterocycles. The van der Waals surface area contributed by atoms with Crippen molar-refractivity contribution in [2.24, 2.45) is 0 Å². The molecule has 0 saturated carbocycles. The van der Waals surface area contributed by atoms with E-state index in [1.165, 1.54) is 0 Å². The van der Waals surface area contributed by atoms with Gasteiger partial charge in [-0.05, 0) is 0 Å². The maximum Gasteiger partial charge on any atom is 0.353 e. The molecule has 0 rings (SSSR count). The van der Waals surface area contributed by atoms with Crippen LogP contribution in [0.1, 0.15) is 12.8 Å². The third-order valence-corrected chi connectivity index (χ3v) is 0.402. The van der Waals surface area contributed by atoms with Crippen molar-refractivity contribution in [2.75, 3.05) is 0 Å². The summed E-state index contributed by atoms with van der Waals surface area (Å²) in [4.78, 5) is 18.8. The summed E-state index contributed by atoms with van der Waals surface area (Å²) in [6.45, 7) is 0. The molecule has 2 nitrogen and oxygen atoms in total. The highest BCUT2D eigenvalue weighted by Gasteiger charge is 1.74. The summed E-state index contributed by atoms with van der Waals surface area (Å²) in [6, 6.07) is 0. The molecule has 0 atom stereocenters. The van der Waals surface area contributed by atoms with E-state index in [9.17, 15) is 9.59 Å². The highest BCUT2D eigenvalue weighted by atomic mass is 35.6. The number of aldehydes is 2. The van der Waals surface area contributed by atoms with Crippen LogP contribution >= 0.6 is 10.0 Å². The molecule has 0 aliphatic heterocycles. The van der Waals surface area contributed by atoms with Crippen LogP contribution in [0.4, 0.5) is 0 Å². The van der Waals surface area contributed by atoms with Gasteiger partial charge in [-0.3, -0.25) is 10.0 Å². The number of hydrogen-bond donors (Lipinski definition) is 0. The van der Waals surface area contributed by atoms with E-state index in [1.54, 1.807) is 0 Å². The van der Waals surface area contributed by atoms with Crippen molar-refractivity contribution in [1.29, 1.82) is 0 Å². The van der Waals surface area contributed by atoms with Gasteiger partial charge < -0.3 is 9.59 Å². The molecule has 0 aromatic heterocycles. The average Bonchev–Trinajstić information content (AvgIpc) is 1.88. The zero-order chi connectivity index (χ0) is 6.83. The quantitative estimate of drug-likeness (QED) is 0.321. The average molecular weight is 151 g/mol. The number of hydrogen-bond acceptors (Lipinski definition) is 2. The summed E-state index contributed by atoms with van der Waals surface area (Å²) in [5.74, 6) is 0. The fraction of sp³-hybridized carbons (Fsp3) is 0.500. The summed E-state index contributed by atoms with van der Waals surface area (Å²) < 4.78 is 0.